The first-order valence-electron chi connectivity index (χ1n) is 7.33. The molecule has 8 heteroatoms. The topological polar surface area (TPSA) is 57.8 Å². The van der Waals surface area contributed by atoms with Crippen LogP contribution in [0, 0.1) is 23.1 Å². The predicted octanol–water partition coefficient (Wildman–Crippen LogP) is 4.07. The summed E-state index contributed by atoms with van der Waals surface area (Å²) in [6, 6.07) is 3.39. The second kappa shape index (κ2) is 6.48. The van der Waals surface area contributed by atoms with Crippen molar-refractivity contribution in [2.45, 2.75) is 31.4 Å². The molecule has 0 bridgehead atoms. The van der Waals surface area contributed by atoms with Crippen LogP contribution in [-0.4, -0.2) is 17.4 Å². The highest BCUT2D eigenvalue weighted by molar-refractivity contribution is 9.10. The van der Waals surface area contributed by atoms with Crippen LogP contribution >= 0.6 is 15.9 Å². The smallest absolute Gasteiger partial charge is 0.262 e. The fraction of sp³-hybridized carbons (Fsp3) is 0.375. The quantitative estimate of drug-likeness (QED) is 0.770. The van der Waals surface area contributed by atoms with E-state index in [4.69, 9.17) is 5.26 Å². The van der Waals surface area contributed by atoms with Crippen molar-refractivity contribution in [2.75, 3.05) is 0 Å². The molecule has 4 nitrogen and oxygen atoms in total. The highest BCUT2D eigenvalue weighted by Crippen LogP contribution is 2.42. The monoisotopic (exact) mass is 399 g/mol. The number of nitriles is 1. The number of amides is 1. The van der Waals surface area contributed by atoms with Crippen molar-refractivity contribution >= 4 is 33.2 Å². The maximum atomic E-state index is 13.9. The number of carbonyl (C=O) groups excluding carboxylic acids is 1. The third kappa shape index (κ3) is 2.77. The van der Waals surface area contributed by atoms with Gasteiger partial charge in [0.05, 0.1) is 16.5 Å². The number of carbonyl (C=O) groups is 1. The van der Waals surface area contributed by atoms with Gasteiger partial charge >= 0.3 is 0 Å². The molecular weight excluding hydrogens is 387 g/mol. The number of nitrogens with zero attached hydrogens (tertiary/aromatic N) is 2. The molecule has 1 N–H and O–H groups in total. The molecule has 2 aromatic rings. The first-order valence-corrected chi connectivity index (χ1v) is 8.12. The fourth-order valence-electron chi connectivity index (χ4n) is 3.11. The molecule has 1 amide bonds. The van der Waals surface area contributed by atoms with Gasteiger partial charge in [0.15, 0.2) is 0 Å². The average molecular weight is 400 g/mol. The summed E-state index contributed by atoms with van der Waals surface area (Å²) < 4.78 is 42.6. The van der Waals surface area contributed by atoms with Crippen molar-refractivity contribution in [3.63, 3.8) is 0 Å². The molecule has 24 heavy (non-hydrogen) atoms. The standard InChI is InChI=1S/C16H13BrF3N3O/c17-12-4-14-10(3-13(12)18)11(15(16(19)20)22-7-24)6-23(14)9-1-8(2-9)5-21/h3-4,6-9,15-16H,1-2H2,(H,22,24). The zero-order valence-corrected chi connectivity index (χ0v) is 13.9. The molecule has 1 saturated carbocycles. The number of rotatable bonds is 5. The summed E-state index contributed by atoms with van der Waals surface area (Å²) in [5, 5.41) is 11.3. The van der Waals surface area contributed by atoms with Crippen LogP contribution in [-0.2, 0) is 4.79 Å². The number of nitrogens with one attached hydrogen (secondary N) is 1. The van der Waals surface area contributed by atoms with E-state index in [2.05, 4.69) is 27.3 Å². The fourth-order valence-corrected chi connectivity index (χ4v) is 3.44. The molecule has 1 aliphatic rings. The van der Waals surface area contributed by atoms with Crippen LogP contribution < -0.4 is 5.32 Å². The zero-order chi connectivity index (χ0) is 17.4. The van der Waals surface area contributed by atoms with Crippen molar-refractivity contribution in [1.29, 1.82) is 5.26 Å². The lowest BCUT2D eigenvalue weighted by Crippen LogP contribution is -2.27. The lowest BCUT2D eigenvalue weighted by molar-refractivity contribution is -0.111. The van der Waals surface area contributed by atoms with Crippen LogP contribution in [0.3, 0.4) is 0 Å². The Bertz CT molecular complexity index is 824. The van der Waals surface area contributed by atoms with Crippen molar-refractivity contribution in [3.8, 4) is 6.07 Å². The molecule has 3 rings (SSSR count). The molecule has 1 atom stereocenters. The Morgan fingerprint density at radius 3 is 2.71 bits per heavy atom. The van der Waals surface area contributed by atoms with E-state index in [1.54, 1.807) is 4.57 Å². The van der Waals surface area contributed by atoms with E-state index in [-0.39, 0.29) is 28.4 Å². The minimum Gasteiger partial charge on any atom is -0.346 e. The maximum Gasteiger partial charge on any atom is 0.262 e. The third-order valence-electron chi connectivity index (χ3n) is 4.43. The van der Waals surface area contributed by atoms with Crippen LogP contribution in [0.1, 0.15) is 30.5 Å². The molecule has 1 heterocycles. The first-order chi connectivity index (χ1) is 11.5. The van der Waals surface area contributed by atoms with Gasteiger partial charge in [-0.05, 0) is 40.9 Å². The van der Waals surface area contributed by atoms with Gasteiger partial charge in [-0.1, -0.05) is 0 Å². The van der Waals surface area contributed by atoms with Crippen molar-refractivity contribution in [3.05, 3.63) is 34.2 Å². The number of halogens is 4. The molecule has 0 saturated heterocycles. The minimum absolute atomic E-state index is 0.00202. The van der Waals surface area contributed by atoms with Crippen LogP contribution in [0.15, 0.2) is 22.8 Å². The Balaban J connectivity index is 2.14. The lowest BCUT2D eigenvalue weighted by atomic mass is 9.81. The Morgan fingerprint density at radius 1 is 1.42 bits per heavy atom. The van der Waals surface area contributed by atoms with Crippen LogP contribution in [0.25, 0.3) is 10.9 Å². The van der Waals surface area contributed by atoms with Gasteiger partial charge in [-0.25, -0.2) is 13.2 Å². The number of hydrogen-bond acceptors (Lipinski definition) is 2. The van der Waals surface area contributed by atoms with Gasteiger partial charge in [-0.2, -0.15) is 5.26 Å². The SMILES string of the molecule is N#CC1CC(n2cc(C(NC=O)C(F)F)c3cc(F)c(Br)cc32)C1. The second-order valence-electron chi connectivity index (χ2n) is 5.82. The minimum atomic E-state index is -2.82. The summed E-state index contributed by atoms with van der Waals surface area (Å²) >= 11 is 3.11. The number of alkyl halides is 2. The molecule has 1 aromatic carbocycles. The van der Waals surface area contributed by atoms with E-state index in [1.165, 1.54) is 18.3 Å². The Morgan fingerprint density at radius 2 is 2.12 bits per heavy atom. The first kappa shape index (κ1) is 16.8. The number of fused-ring (bicyclic) bond motifs is 1. The normalized spacial score (nSPS) is 21.3. The van der Waals surface area contributed by atoms with Crippen molar-refractivity contribution in [2.24, 2.45) is 5.92 Å². The highest BCUT2D eigenvalue weighted by atomic mass is 79.9. The molecule has 1 unspecified atom stereocenters. The van der Waals surface area contributed by atoms with E-state index in [0.717, 1.165) is 0 Å². The summed E-state index contributed by atoms with van der Waals surface area (Å²) in [6.45, 7) is 0. The molecule has 0 spiro atoms. The summed E-state index contributed by atoms with van der Waals surface area (Å²) in [4.78, 5) is 10.7. The van der Waals surface area contributed by atoms with Crippen LogP contribution in [0.2, 0.25) is 0 Å². The van der Waals surface area contributed by atoms with E-state index < -0.39 is 18.3 Å². The summed E-state index contributed by atoms with van der Waals surface area (Å²) in [5.41, 5.74) is 0.761. The van der Waals surface area contributed by atoms with Gasteiger partial charge < -0.3 is 9.88 Å². The number of hydrogen-bond donors (Lipinski definition) is 1. The van der Waals surface area contributed by atoms with Gasteiger partial charge in [0.1, 0.15) is 11.9 Å². The molecule has 1 aliphatic carbocycles. The van der Waals surface area contributed by atoms with Crippen molar-refractivity contribution < 1.29 is 18.0 Å². The highest BCUT2D eigenvalue weighted by Gasteiger charge is 2.33. The van der Waals surface area contributed by atoms with E-state index in [0.29, 0.717) is 23.7 Å². The van der Waals surface area contributed by atoms with Gasteiger partial charge in [-0.3, -0.25) is 4.79 Å². The number of benzene rings is 1. The maximum absolute atomic E-state index is 13.9. The van der Waals surface area contributed by atoms with Crippen LogP contribution in [0.5, 0.6) is 0 Å². The molecule has 0 radical (unpaired) electrons. The van der Waals surface area contributed by atoms with E-state index in [1.807, 2.05) is 0 Å². The Kier molecular flexibility index (Phi) is 4.54. The van der Waals surface area contributed by atoms with E-state index in [9.17, 15) is 18.0 Å². The zero-order valence-electron chi connectivity index (χ0n) is 12.3. The van der Waals surface area contributed by atoms with Crippen LogP contribution in [0.4, 0.5) is 13.2 Å². The summed E-state index contributed by atoms with van der Waals surface area (Å²) in [5.74, 6) is -0.622. The number of aromatic nitrogens is 1. The molecule has 0 aliphatic heterocycles. The second-order valence-corrected chi connectivity index (χ2v) is 6.68. The van der Waals surface area contributed by atoms with Crippen molar-refractivity contribution in [1.82, 2.24) is 9.88 Å². The lowest BCUT2D eigenvalue weighted by Gasteiger charge is -2.32. The van der Waals surface area contributed by atoms with Gasteiger partial charge in [0.25, 0.3) is 6.43 Å². The summed E-state index contributed by atoms with van der Waals surface area (Å²) in [6.07, 6.45) is 0.158. The third-order valence-corrected chi connectivity index (χ3v) is 5.04. The molecule has 1 fully saturated rings. The molecule has 126 valence electrons. The van der Waals surface area contributed by atoms with Gasteiger partial charge in [0.2, 0.25) is 6.41 Å². The van der Waals surface area contributed by atoms with Gasteiger partial charge in [-0.15, -0.1) is 0 Å². The largest absolute Gasteiger partial charge is 0.346 e. The average Bonchev–Trinajstić information content (AvgIpc) is 2.82. The Labute approximate surface area is 144 Å². The Hall–Kier alpha value is -2.01. The summed E-state index contributed by atoms with van der Waals surface area (Å²) in [7, 11) is 0. The van der Waals surface area contributed by atoms with Gasteiger partial charge in [0, 0.05) is 28.7 Å². The predicted molar refractivity (Wildman–Crippen MR) is 84.9 cm³/mol. The molecular formula is C16H13BrF3N3O. The van der Waals surface area contributed by atoms with E-state index >= 15 is 0 Å². The molecule has 1 aromatic heterocycles.